The maximum atomic E-state index is 5.40. The van der Waals surface area contributed by atoms with Gasteiger partial charge in [-0.1, -0.05) is 46.3 Å². The molecule has 2 aromatic rings. The predicted molar refractivity (Wildman–Crippen MR) is 76.2 cm³/mol. The lowest BCUT2D eigenvalue weighted by molar-refractivity contribution is 0.0813. The Morgan fingerprint density at radius 3 is 2.39 bits per heavy atom. The molecule has 0 spiro atoms. The second-order valence-corrected chi connectivity index (χ2v) is 4.51. The molecule has 0 bridgehead atoms. The SMILES string of the molecule is Brc1ccc(OCOC=Cc2ccccc2)cc1. The summed E-state index contributed by atoms with van der Waals surface area (Å²) in [6.07, 6.45) is 3.53. The van der Waals surface area contributed by atoms with E-state index in [0.29, 0.717) is 0 Å². The molecule has 0 aliphatic heterocycles. The van der Waals surface area contributed by atoms with Gasteiger partial charge in [-0.15, -0.1) is 0 Å². The molecule has 0 unspecified atom stereocenters. The minimum atomic E-state index is 0.199. The van der Waals surface area contributed by atoms with Crippen LogP contribution in [-0.2, 0) is 4.74 Å². The van der Waals surface area contributed by atoms with Crippen LogP contribution in [0, 0.1) is 0 Å². The van der Waals surface area contributed by atoms with Crippen molar-refractivity contribution in [2.24, 2.45) is 0 Å². The van der Waals surface area contributed by atoms with E-state index in [9.17, 15) is 0 Å². The summed E-state index contributed by atoms with van der Waals surface area (Å²) in [6.45, 7) is 0.199. The second-order valence-electron chi connectivity index (χ2n) is 3.60. The van der Waals surface area contributed by atoms with E-state index < -0.39 is 0 Å². The zero-order valence-electron chi connectivity index (χ0n) is 9.75. The maximum Gasteiger partial charge on any atom is 0.229 e. The lowest BCUT2D eigenvalue weighted by Gasteiger charge is -2.05. The zero-order valence-corrected chi connectivity index (χ0v) is 11.3. The predicted octanol–water partition coefficient (Wildman–Crippen LogP) is 4.47. The summed E-state index contributed by atoms with van der Waals surface area (Å²) in [6, 6.07) is 17.6. The Kier molecular flexibility index (Phi) is 4.85. The Morgan fingerprint density at radius 1 is 0.944 bits per heavy atom. The van der Waals surface area contributed by atoms with Gasteiger partial charge in [0, 0.05) is 4.47 Å². The molecule has 0 N–H and O–H groups in total. The summed E-state index contributed by atoms with van der Waals surface area (Å²) in [4.78, 5) is 0. The molecule has 2 rings (SSSR count). The highest BCUT2D eigenvalue weighted by molar-refractivity contribution is 9.10. The molecule has 0 amide bonds. The fourth-order valence-electron chi connectivity index (χ4n) is 1.36. The number of hydrogen-bond donors (Lipinski definition) is 0. The standard InChI is InChI=1S/C15H13BrO2/c16-14-6-8-15(9-7-14)18-12-17-11-10-13-4-2-1-3-5-13/h1-11H,12H2. The molecule has 0 aliphatic rings. The van der Waals surface area contributed by atoms with Crippen molar-refractivity contribution in [2.75, 3.05) is 6.79 Å². The van der Waals surface area contributed by atoms with Crippen LogP contribution >= 0.6 is 15.9 Å². The number of hydrogen-bond acceptors (Lipinski definition) is 2. The Labute approximate surface area is 115 Å². The monoisotopic (exact) mass is 304 g/mol. The molecule has 0 aliphatic carbocycles. The van der Waals surface area contributed by atoms with Gasteiger partial charge in [0.1, 0.15) is 5.75 Å². The van der Waals surface area contributed by atoms with Crippen LogP contribution < -0.4 is 4.74 Å². The minimum absolute atomic E-state index is 0.199. The minimum Gasteiger partial charge on any atom is -0.465 e. The van der Waals surface area contributed by atoms with Gasteiger partial charge in [-0.05, 0) is 35.9 Å². The fraction of sp³-hybridized carbons (Fsp3) is 0.0667. The van der Waals surface area contributed by atoms with Crippen molar-refractivity contribution in [2.45, 2.75) is 0 Å². The first-order chi connectivity index (χ1) is 8.84. The van der Waals surface area contributed by atoms with Crippen molar-refractivity contribution in [1.82, 2.24) is 0 Å². The van der Waals surface area contributed by atoms with Crippen molar-refractivity contribution < 1.29 is 9.47 Å². The van der Waals surface area contributed by atoms with Gasteiger partial charge >= 0.3 is 0 Å². The van der Waals surface area contributed by atoms with E-state index in [2.05, 4.69) is 15.9 Å². The van der Waals surface area contributed by atoms with E-state index in [-0.39, 0.29) is 6.79 Å². The third-order valence-corrected chi connectivity index (χ3v) is 2.79. The van der Waals surface area contributed by atoms with Crippen molar-refractivity contribution >= 4 is 22.0 Å². The molecule has 18 heavy (non-hydrogen) atoms. The molecular formula is C15H13BrO2. The van der Waals surface area contributed by atoms with Crippen LogP contribution in [0.25, 0.3) is 6.08 Å². The van der Waals surface area contributed by atoms with Gasteiger partial charge in [0.25, 0.3) is 0 Å². The molecule has 0 saturated heterocycles. The van der Waals surface area contributed by atoms with E-state index in [1.54, 1.807) is 6.26 Å². The highest BCUT2D eigenvalue weighted by Crippen LogP contribution is 2.15. The zero-order chi connectivity index (χ0) is 12.6. The van der Waals surface area contributed by atoms with E-state index >= 15 is 0 Å². The molecule has 3 heteroatoms. The smallest absolute Gasteiger partial charge is 0.229 e. The van der Waals surface area contributed by atoms with Crippen molar-refractivity contribution in [3.63, 3.8) is 0 Å². The Bertz CT molecular complexity index is 492. The summed E-state index contributed by atoms with van der Waals surface area (Å²) >= 11 is 3.37. The number of rotatable bonds is 5. The second kappa shape index (κ2) is 6.87. The first-order valence-electron chi connectivity index (χ1n) is 5.56. The van der Waals surface area contributed by atoms with Gasteiger partial charge in [-0.25, -0.2) is 0 Å². The third-order valence-electron chi connectivity index (χ3n) is 2.26. The van der Waals surface area contributed by atoms with Crippen LogP contribution in [0.2, 0.25) is 0 Å². The Balaban J connectivity index is 1.73. The summed E-state index contributed by atoms with van der Waals surface area (Å²) in [5.41, 5.74) is 1.10. The molecule has 0 atom stereocenters. The highest BCUT2D eigenvalue weighted by atomic mass is 79.9. The van der Waals surface area contributed by atoms with Crippen molar-refractivity contribution in [3.8, 4) is 5.75 Å². The summed E-state index contributed by atoms with van der Waals surface area (Å²) in [5.74, 6) is 0.784. The van der Waals surface area contributed by atoms with Crippen molar-refractivity contribution in [3.05, 3.63) is 70.9 Å². The van der Waals surface area contributed by atoms with Crippen LogP contribution in [-0.4, -0.2) is 6.79 Å². The maximum absolute atomic E-state index is 5.40. The Hall–Kier alpha value is -1.74. The van der Waals surface area contributed by atoms with E-state index in [1.165, 1.54) is 0 Å². The first-order valence-corrected chi connectivity index (χ1v) is 6.35. The highest BCUT2D eigenvalue weighted by Gasteiger charge is 1.92. The quantitative estimate of drug-likeness (QED) is 0.461. The molecule has 0 heterocycles. The van der Waals surface area contributed by atoms with Crippen LogP contribution in [0.3, 0.4) is 0 Å². The molecule has 0 radical (unpaired) electrons. The van der Waals surface area contributed by atoms with Gasteiger partial charge in [0.05, 0.1) is 6.26 Å². The molecule has 2 nitrogen and oxygen atoms in total. The molecular weight excluding hydrogens is 292 g/mol. The topological polar surface area (TPSA) is 18.5 Å². The van der Waals surface area contributed by atoms with E-state index in [4.69, 9.17) is 9.47 Å². The number of halogens is 1. The van der Waals surface area contributed by atoms with Gasteiger partial charge in [0.2, 0.25) is 6.79 Å². The van der Waals surface area contributed by atoms with Gasteiger partial charge < -0.3 is 9.47 Å². The van der Waals surface area contributed by atoms with Gasteiger partial charge in [-0.2, -0.15) is 0 Å². The molecule has 0 fully saturated rings. The third kappa shape index (κ3) is 4.26. The van der Waals surface area contributed by atoms with Crippen LogP contribution in [0.15, 0.2) is 65.3 Å². The van der Waals surface area contributed by atoms with Crippen LogP contribution in [0.1, 0.15) is 5.56 Å². The number of benzene rings is 2. The largest absolute Gasteiger partial charge is 0.465 e. The van der Waals surface area contributed by atoms with Gasteiger partial charge in [0.15, 0.2) is 0 Å². The lowest BCUT2D eigenvalue weighted by atomic mass is 10.2. The summed E-state index contributed by atoms with van der Waals surface area (Å²) < 4.78 is 11.7. The first kappa shape index (κ1) is 12.7. The van der Waals surface area contributed by atoms with Crippen LogP contribution in [0.4, 0.5) is 0 Å². The fourth-order valence-corrected chi connectivity index (χ4v) is 1.63. The average molecular weight is 305 g/mol. The Morgan fingerprint density at radius 2 is 1.67 bits per heavy atom. The number of ether oxygens (including phenoxy) is 2. The summed E-state index contributed by atoms with van der Waals surface area (Å²) in [5, 5.41) is 0. The average Bonchev–Trinajstić information content (AvgIpc) is 2.42. The van der Waals surface area contributed by atoms with Crippen LogP contribution in [0.5, 0.6) is 5.75 Å². The van der Waals surface area contributed by atoms with Crippen molar-refractivity contribution in [1.29, 1.82) is 0 Å². The molecule has 0 aromatic heterocycles. The van der Waals surface area contributed by atoms with Gasteiger partial charge in [-0.3, -0.25) is 0 Å². The normalized spacial score (nSPS) is 10.5. The van der Waals surface area contributed by atoms with E-state index in [0.717, 1.165) is 15.8 Å². The van der Waals surface area contributed by atoms with E-state index in [1.807, 2.05) is 60.7 Å². The summed E-state index contributed by atoms with van der Waals surface area (Å²) in [7, 11) is 0. The molecule has 92 valence electrons. The lowest BCUT2D eigenvalue weighted by Crippen LogP contribution is -1.97. The molecule has 0 saturated carbocycles. The molecule has 2 aromatic carbocycles.